The SMILES string of the molecule is CCCCC(N)c1nc2ccccc2n1Cc1ccccc1C. The van der Waals surface area contributed by atoms with E-state index in [4.69, 9.17) is 10.7 Å². The summed E-state index contributed by atoms with van der Waals surface area (Å²) in [6.07, 6.45) is 3.27. The molecule has 3 aromatic rings. The first-order chi connectivity index (χ1) is 11.2. The number of nitrogens with zero attached hydrogens (tertiary/aromatic N) is 2. The van der Waals surface area contributed by atoms with Crippen LogP contribution < -0.4 is 5.73 Å². The van der Waals surface area contributed by atoms with Gasteiger partial charge < -0.3 is 10.3 Å². The van der Waals surface area contributed by atoms with E-state index in [1.54, 1.807) is 0 Å². The van der Waals surface area contributed by atoms with Crippen LogP contribution in [0.4, 0.5) is 0 Å². The van der Waals surface area contributed by atoms with Crippen molar-refractivity contribution in [1.82, 2.24) is 9.55 Å². The lowest BCUT2D eigenvalue weighted by atomic mass is 10.1. The molecule has 0 aliphatic carbocycles. The maximum atomic E-state index is 6.45. The molecule has 0 fully saturated rings. The van der Waals surface area contributed by atoms with Gasteiger partial charge in [0.05, 0.1) is 17.1 Å². The third-order valence-electron chi connectivity index (χ3n) is 4.47. The van der Waals surface area contributed by atoms with Crippen molar-refractivity contribution >= 4 is 11.0 Å². The molecule has 3 rings (SSSR count). The summed E-state index contributed by atoms with van der Waals surface area (Å²) in [5.74, 6) is 1.00. The number of fused-ring (bicyclic) bond motifs is 1. The molecule has 0 saturated heterocycles. The number of imidazole rings is 1. The molecule has 0 saturated carbocycles. The number of nitrogens with two attached hydrogens (primary N) is 1. The highest BCUT2D eigenvalue weighted by Crippen LogP contribution is 2.24. The summed E-state index contributed by atoms with van der Waals surface area (Å²) >= 11 is 0. The second-order valence-corrected chi connectivity index (χ2v) is 6.22. The minimum absolute atomic E-state index is 0.00799. The number of para-hydroxylation sites is 2. The van der Waals surface area contributed by atoms with Gasteiger partial charge in [0, 0.05) is 6.54 Å². The fourth-order valence-electron chi connectivity index (χ4n) is 3.05. The van der Waals surface area contributed by atoms with Gasteiger partial charge in [-0.15, -0.1) is 0 Å². The number of aryl methyl sites for hydroxylation is 1. The Bertz CT molecular complexity index is 788. The van der Waals surface area contributed by atoms with E-state index in [0.717, 1.165) is 42.7 Å². The number of aromatic nitrogens is 2. The molecule has 2 aromatic carbocycles. The molecule has 3 heteroatoms. The van der Waals surface area contributed by atoms with Crippen molar-refractivity contribution in [3.05, 3.63) is 65.5 Å². The molecule has 1 unspecified atom stereocenters. The molecule has 0 spiro atoms. The van der Waals surface area contributed by atoms with Crippen molar-refractivity contribution < 1.29 is 0 Å². The van der Waals surface area contributed by atoms with Crippen LogP contribution in [-0.2, 0) is 6.54 Å². The maximum absolute atomic E-state index is 6.45. The Hall–Kier alpha value is -2.13. The van der Waals surface area contributed by atoms with Crippen LogP contribution in [0.1, 0.15) is 49.2 Å². The van der Waals surface area contributed by atoms with Crippen LogP contribution in [0.3, 0.4) is 0 Å². The molecule has 0 radical (unpaired) electrons. The van der Waals surface area contributed by atoms with Crippen LogP contribution in [0, 0.1) is 6.92 Å². The van der Waals surface area contributed by atoms with E-state index in [1.165, 1.54) is 11.1 Å². The molecule has 23 heavy (non-hydrogen) atoms. The number of rotatable bonds is 6. The van der Waals surface area contributed by atoms with Gasteiger partial charge >= 0.3 is 0 Å². The molecule has 2 N–H and O–H groups in total. The Balaban J connectivity index is 2.04. The largest absolute Gasteiger partial charge is 0.322 e. The second-order valence-electron chi connectivity index (χ2n) is 6.22. The average molecular weight is 307 g/mol. The fraction of sp³-hybridized carbons (Fsp3) is 0.350. The summed E-state index contributed by atoms with van der Waals surface area (Å²) in [6, 6.07) is 16.8. The topological polar surface area (TPSA) is 43.8 Å². The van der Waals surface area contributed by atoms with Crippen molar-refractivity contribution in [3.8, 4) is 0 Å². The van der Waals surface area contributed by atoms with E-state index in [-0.39, 0.29) is 6.04 Å². The zero-order valence-corrected chi connectivity index (χ0v) is 14.0. The average Bonchev–Trinajstić information content (AvgIpc) is 2.93. The number of unbranched alkanes of at least 4 members (excludes halogenated alkanes) is 1. The van der Waals surface area contributed by atoms with Crippen molar-refractivity contribution in [2.24, 2.45) is 5.73 Å². The van der Waals surface area contributed by atoms with E-state index in [9.17, 15) is 0 Å². The zero-order valence-electron chi connectivity index (χ0n) is 14.0. The van der Waals surface area contributed by atoms with Crippen molar-refractivity contribution in [1.29, 1.82) is 0 Å². The van der Waals surface area contributed by atoms with Crippen molar-refractivity contribution in [3.63, 3.8) is 0 Å². The first kappa shape index (κ1) is 15.8. The summed E-state index contributed by atoms with van der Waals surface area (Å²) in [5, 5.41) is 0. The summed E-state index contributed by atoms with van der Waals surface area (Å²) in [6.45, 7) is 5.18. The van der Waals surface area contributed by atoms with Gasteiger partial charge in [0.2, 0.25) is 0 Å². The standard InChI is InChI=1S/C20H25N3/c1-3-4-11-17(21)20-22-18-12-7-8-13-19(18)23(20)14-16-10-6-5-9-15(16)2/h5-10,12-13,17H,3-4,11,14,21H2,1-2H3. The molecule has 120 valence electrons. The monoisotopic (exact) mass is 307 g/mol. The Kier molecular flexibility index (Phi) is 4.77. The van der Waals surface area contributed by atoms with Crippen LogP contribution in [-0.4, -0.2) is 9.55 Å². The van der Waals surface area contributed by atoms with Crippen molar-refractivity contribution in [2.75, 3.05) is 0 Å². The molecule has 0 amide bonds. The predicted octanol–water partition coefficient (Wildman–Crippen LogP) is 4.58. The van der Waals surface area contributed by atoms with E-state index < -0.39 is 0 Å². The smallest absolute Gasteiger partial charge is 0.127 e. The Morgan fingerprint density at radius 2 is 1.83 bits per heavy atom. The molecular formula is C20H25N3. The van der Waals surface area contributed by atoms with Crippen LogP contribution in [0.25, 0.3) is 11.0 Å². The van der Waals surface area contributed by atoms with Crippen LogP contribution in [0.15, 0.2) is 48.5 Å². The summed E-state index contributed by atoms with van der Waals surface area (Å²) in [7, 11) is 0. The van der Waals surface area contributed by atoms with Crippen LogP contribution in [0.2, 0.25) is 0 Å². The minimum Gasteiger partial charge on any atom is -0.322 e. The molecule has 1 atom stereocenters. The predicted molar refractivity (Wildman–Crippen MR) is 96.5 cm³/mol. The highest BCUT2D eigenvalue weighted by atomic mass is 15.1. The van der Waals surface area contributed by atoms with Gasteiger partial charge in [-0.05, 0) is 36.6 Å². The summed E-state index contributed by atoms with van der Waals surface area (Å²) in [5.41, 5.74) is 11.3. The zero-order chi connectivity index (χ0) is 16.2. The van der Waals surface area contributed by atoms with Gasteiger partial charge in [-0.1, -0.05) is 56.2 Å². The molecule has 0 aliphatic heterocycles. The minimum atomic E-state index is -0.00799. The lowest BCUT2D eigenvalue weighted by Gasteiger charge is -2.15. The number of hydrogen-bond acceptors (Lipinski definition) is 2. The first-order valence-electron chi connectivity index (χ1n) is 8.46. The van der Waals surface area contributed by atoms with Gasteiger partial charge in [-0.2, -0.15) is 0 Å². The second kappa shape index (κ2) is 6.97. The summed E-state index contributed by atoms with van der Waals surface area (Å²) < 4.78 is 2.29. The van der Waals surface area contributed by atoms with Gasteiger partial charge in [0.15, 0.2) is 0 Å². The highest BCUT2D eigenvalue weighted by Gasteiger charge is 2.17. The van der Waals surface area contributed by atoms with Crippen LogP contribution in [0.5, 0.6) is 0 Å². The van der Waals surface area contributed by atoms with Gasteiger partial charge in [-0.25, -0.2) is 4.98 Å². The van der Waals surface area contributed by atoms with Gasteiger partial charge in [0.25, 0.3) is 0 Å². The first-order valence-corrected chi connectivity index (χ1v) is 8.46. The fourth-order valence-corrected chi connectivity index (χ4v) is 3.05. The normalized spacial score (nSPS) is 12.7. The molecule has 1 heterocycles. The number of hydrogen-bond donors (Lipinski definition) is 1. The van der Waals surface area contributed by atoms with Gasteiger partial charge in [-0.3, -0.25) is 0 Å². The Morgan fingerprint density at radius 3 is 2.61 bits per heavy atom. The lowest BCUT2D eigenvalue weighted by molar-refractivity contribution is 0.551. The van der Waals surface area contributed by atoms with E-state index >= 15 is 0 Å². The Morgan fingerprint density at radius 1 is 1.09 bits per heavy atom. The van der Waals surface area contributed by atoms with Crippen molar-refractivity contribution in [2.45, 2.75) is 45.7 Å². The number of benzene rings is 2. The molecule has 0 bridgehead atoms. The Labute approximate surface area is 138 Å². The highest BCUT2D eigenvalue weighted by molar-refractivity contribution is 5.76. The quantitative estimate of drug-likeness (QED) is 0.724. The third-order valence-corrected chi connectivity index (χ3v) is 4.47. The third kappa shape index (κ3) is 3.30. The molecular weight excluding hydrogens is 282 g/mol. The van der Waals surface area contributed by atoms with E-state index in [1.807, 2.05) is 6.07 Å². The van der Waals surface area contributed by atoms with Crippen LogP contribution >= 0.6 is 0 Å². The maximum Gasteiger partial charge on any atom is 0.127 e. The van der Waals surface area contributed by atoms with E-state index in [0.29, 0.717) is 0 Å². The molecule has 3 nitrogen and oxygen atoms in total. The van der Waals surface area contributed by atoms with E-state index in [2.05, 4.69) is 60.9 Å². The lowest BCUT2D eigenvalue weighted by Crippen LogP contribution is -2.17. The molecule has 1 aromatic heterocycles. The summed E-state index contributed by atoms with van der Waals surface area (Å²) in [4.78, 5) is 4.83. The molecule has 0 aliphatic rings. The van der Waals surface area contributed by atoms with Gasteiger partial charge in [0.1, 0.15) is 5.82 Å².